The number of rotatable bonds is 4. The summed E-state index contributed by atoms with van der Waals surface area (Å²) in [6.45, 7) is 4.45. The van der Waals surface area contributed by atoms with Gasteiger partial charge in [-0.25, -0.2) is 0 Å². The summed E-state index contributed by atoms with van der Waals surface area (Å²) in [5, 5.41) is 3.14. The zero-order chi connectivity index (χ0) is 7.94. The largest absolute Gasteiger partial charge is 0.363 e. The zero-order valence-electron chi connectivity index (χ0n) is 7.21. The van der Waals surface area contributed by atoms with Gasteiger partial charge in [0.1, 0.15) is 0 Å². The second kappa shape index (κ2) is 5.13. The first-order valence-electron chi connectivity index (χ1n) is 4.32. The van der Waals surface area contributed by atoms with Crippen molar-refractivity contribution < 1.29 is 0 Å². The highest BCUT2D eigenvalue weighted by Gasteiger charge is 2.02. The van der Waals surface area contributed by atoms with Crippen molar-refractivity contribution in [1.29, 1.82) is 0 Å². The first kappa shape index (κ1) is 8.53. The van der Waals surface area contributed by atoms with Crippen molar-refractivity contribution in [3.05, 3.63) is 0 Å². The van der Waals surface area contributed by atoms with E-state index in [0.29, 0.717) is 0 Å². The molecule has 3 nitrogen and oxygen atoms in total. The zero-order valence-corrected chi connectivity index (χ0v) is 7.21. The minimum Gasteiger partial charge on any atom is -0.363 e. The van der Waals surface area contributed by atoms with Crippen molar-refractivity contribution in [3.63, 3.8) is 0 Å². The molecule has 64 valence electrons. The molecule has 1 heterocycles. The van der Waals surface area contributed by atoms with Gasteiger partial charge in [-0.2, -0.15) is 0 Å². The average molecular weight is 155 g/mol. The fraction of sp³-hybridized carbons (Fsp3) is 0.875. The van der Waals surface area contributed by atoms with Gasteiger partial charge >= 0.3 is 0 Å². The minimum atomic E-state index is 1.02. The molecule has 0 aromatic heterocycles. The molecule has 11 heavy (non-hydrogen) atoms. The summed E-state index contributed by atoms with van der Waals surface area (Å²) < 4.78 is 0. The highest BCUT2D eigenvalue weighted by Crippen LogP contribution is 1.96. The molecule has 0 aromatic rings. The third-order valence-electron chi connectivity index (χ3n) is 1.85. The van der Waals surface area contributed by atoms with Gasteiger partial charge < -0.3 is 10.2 Å². The predicted octanol–water partition coefficient (Wildman–Crippen LogP) is 0.330. The summed E-state index contributed by atoms with van der Waals surface area (Å²) in [6.07, 6.45) is 4.41. The third-order valence-corrected chi connectivity index (χ3v) is 1.85. The molecule has 1 N–H and O–H groups in total. The van der Waals surface area contributed by atoms with E-state index in [1.807, 2.05) is 13.4 Å². The Hall–Kier alpha value is -0.570. The van der Waals surface area contributed by atoms with Crippen molar-refractivity contribution in [3.8, 4) is 0 Å². The summed E-state index contributed by atoms with van der Waals surface area (Å²) in [5.41, 5.74) is 0. The van der Waals surface area contributed by atoms with Gasteiger partial charge in [0, 0.05) is 19.6 Å². The van der Waals surface area contributed by atoms with Gasteiger partial charge in [-0.15, -0.1) is 0 Å². The van der Waals surface area contributed by atoms with Gasteiger partial charge in [0.2, 0.25) is 0 Å². The summed E-state index contributed by atoms with van der Waals surface area (Å²) >= 11 is 0. The molecule has 0 fully saturated rings. The van der Waals surface area contributed by atoms with Crippen LogP contribution in [0.5, 0.6) is 0 Å². The van der Waals surface area contributed by atoms with Crippen molar-refractivity contribution >= 4 is 6.34 Å². The lowest BCUT2D eigenvalue weighted by Gasteiger charge is -2.21. The van der Waals surface area contributed by atoms with E-state index in [1.54, 1.807) is 0 Å². The Morgan fingerprint density at radius 3 is 3.18 bits per heavy atom. The van der Waals surface area contributed by atoms with Gasteiger partial charge in [-0.1, -0.05) is 0 Å². The quantitative estimate of drug-likeness (QED) is 0.592. The van der Waals surface area contributed by atoms with Crippen LogP contribution in [-0.4, -0.2) is 44.5 Å². The van der Waals surface area contributed by atoms with Crippen LogP contribution in [0.1, 0.15) is 12.8 Å². The van der Waals surface area contributed by atoms with E-state index in [2.05, 4.69) is 15.2 Å². The average Bonchev–Trinajstić information content (AvgIpc) is 2.07. The summed E-state index contributed by atoms with van der Waals surface area (Å²) in [4.78, 5) is 6.51. The van der Waals surface area contributed by atoms with Crippen LogP contribution in [0.3, 0.4) is 0 Å². The molecule has 0 atom stereocenters. The van der Waals surface area contributed by atoms with Gasteiger partial charge in [-0.05, 0) is 26.4 Å². The van der Waals surface area contributed by atoms with E-state index in [0.717, 1.165) is 19.6 Å². The van der Waals surface area contributed by atoms with Crippen molar-refractivity contribution in [2.45, 2.75) is 12.8 Å². The van der Waals surface area contributed by atoms with Crippen LogP contribution >= 0.6 is 0 Å². The molecule has 0 spiro atoms. The van der Waals surface area contributed by atoms with Crippen molar-refractivity contribution in [2.24, 2.45) is 4.99 Å². The van der Waals surface area contributed by atoms with Crippen LogP contribution in [-0.2, 0) is 0 Å². The fourth-order valence-corrected chi connectivity index (χ4v) is 1.22. The van der Waals surface area contributed by atoms with Crippen molar-refractivity contribution in [2.75, 3.05) is 33.2 Å². The van der Waals surface area contributed by atoms with E-state index in [1.165, 1.54) is 19.4 Å². The second-order valence-electron chi connectivity index (χ2n) is 2.87. The Kier molecular flexibility index (Phi) is 3.98. The van der Waals surface area contributed by atoms with E-state index in [9.17, 15) is 0 Å². The number of hydrogen-bond donors (Lipinski definition) is 1. The summed E-state index contributed by atoms with van der Waals surface area (Å²) in [5.74, 6) is 0. The van der Waals surface area contributed by atoms with Crippen LogP contribution in [0.2, 0.25) is 0 Å². The first-order chi connectivity index (χ1) is 5.43. The molecular formula is C8H17N3. The predicted molar refractivity (Wildman–Crippen MR) is 48.1 cm³/mol. The number of hydrogen-bond acceptors (Lipinski definition) is 3. The Balaban J connectivity index is 2.05. The van der Waals surface area contributed by atoms with Crippen LogP contribution in [0.25, 0.3) is 0 Å². The summed E-state index contributed by atoms with van der Waals surface area (Å²) in [7, 11) is 1.99. The van der Waals surface area contributed by atoms with Crippen LogP contribution < -0.4 is 5.32 Å². The molecule has 0 saturated heterocycles. The van der Waals surface area contributed by atoms with Gasteiger partial charge in [0.15, 0.2) is 0 Å². The Morgan fingerprint density at radius 2 is 2.55 bits per heavy atom. The highest BCUT2D eigenvalue weighted by molar-refractivity contribution is 5.55. The fourth-order valence-electron chi connectivity index (χ4n) is 1.22. The smallest absolute Gasteiger partial charge is 0.0849 e. The Morgan fingerprint density at radius 1 is 1.64 bits per heavy atom. The van der Waals surface area contributed by atoms with Crippen LogP contribution in [0.15, 0.2) is 4.99 Å². The second-order valence-corrected chi connectivity index (χ2v) is 2.87. The monoisotopic (exact) mass is 155 g/mol. The first-order valence-corrected chi connectivity index (χ1v) is 4.32. The molecule has 0 bridgehead atoms. The highest BCUT2D eigenvalue weighted by atomic mass is 15.2. The molecule has 0 amide bonds. The topological polar surface area (TPSA) is 27.6 Å². The van der Waals surface area contributed by atoms with Crippen LogP contribution in [0.4, 0.5) is 0 Å². The maximum Gasteiger partial charge on any atom is 0.0849 e. The standard InChI is InChI=1S/C8H17N3/c1-9-4-2-6-11-7-3-5-10-8-11/h8-9H,2-7H2,1H3. The molecule has 0 unspecified atom stereocenters. The lowest BCUT2D eigenvalue weighted by Crippen LogP contribution is -2.29. The molecule has 0 aliphatic carbocycles. The Bertz CT molecular complexity index is 123. The third kappa shape index (κ3) is 3.37. The molecule has 0 radical (unpaired) electrons. The Labute approximate surface area is 68.5 Å². The molecular weight excluding hydrogens is 138 g/mol. The van der Waals surface area contributed by atoms with E-state index < -0.39 is 0 Å². The van der Waals surface area contributed by atoms with Gasteiger partial charge in [-0.3, -0.25) is 4.99 Å². The lowest BCUT2D eigenvalue weighted by atomic mass is 10.3. The van der Waals surface area contributed by atoms with E-state index >= 15 is 0 Å². The normalized spacial score (nSPS) is 17.4. The molecule has 1 aliphatic heterocycles. The number of nitrogens with one attached hydrogen (secondary N) is 1. The molecule has 3 heteroatoms. The molecule has 1 rings (SSSR count). The van der Waals surface area contributed by atoms with Crippen LogP contribution in [0, 0.1) is 0 Å². The van der Waals surface area contributed by atoms with Gasteiger partial charge in [0.25, 0.3) is 0 Å². The molecule has 1 aliphatic rings. The molecule has 0 saturated carbocycles. The molecule has 0 aromatic carbocycles. The maximum absolute atomic E-state index is 4.22. The number of aliphatic imine (C=N–C) groups is 1. The van der Waals surface area contributed by atoms with Gasteiger partial charge in [0.05, 0.1) is 6.34 Å². The summed E-state index contributed by atoms with van der Waals surface area (Å²) in [6, 6.07) is 0. The maximum atomic E-state index is 4.22. The minimum absolute atomic E-state index is 1.02. The lowest BCUT2D eigenvalue weighted by molar-refractivity contribution is 0.397. The van der Waals surface area contributed by atoms with E-state index in [-0.39, 0.29) is 0 Å². The van der Waals surface area contributed by atoms with Crippen molar-refractivity contribution in [1.82, 2.24) is 10.2 Å². The SMILES string of the molecule is CNCCCN1C=NCCC1. The number of nitrogens with zero attached hydrogens (tertiary/aromatic N) is 2. The van der Waals surface area contributed by atoms with E-state index in [4.69, 9.17) is 0 Å².